The van der Waals surface area contributed by atoms with Gasteiger partial charge in [0.15, 0.2) is 5.96 Å². The average Bonchev–Trinajstić information content (AvgIpc) is 2.71. The number of nitrogens with two attached hydrogens (primary N) is 1. The van der Waals surface area contributed by atoms with E-state index in [2.05, 4.69) is 4.99 Å². The van der Waals surface area contributed by atoms with Crippen LogP contribution in [0.1, 0.15) is 27.2 Å². The van der Waals surface area contributed by atoms with E-state index in [4.69, 9.17) is 10.5 Å². The van der Waals surface area contributed by atoms with E-state index in [0.717, 1.165) is 13.0 Å². The third-order valence-electron chi connectivity index (χ3n) is 2.91. The number of carbonyl (C=O) groups is 1. The van der Waals surface area contributed by atoms with Gasteiger partial charge in [0, 0.05) is 33.7 Å². The largest absolute Gasteiger partial charge is 0.444 e. The van der Waals surface area contributed by atoms with Crippen molar-refractivity contribution in [3.63, 3.8) is 0 Å². The van der Waals surface area contributed by atoms with Gasteiger partial charge in [-0.25, -0.2) is 4.79 Å². The maximum absolute atomic E-state index is 11.9. The first-order valence-corrected chi connectivity index (χ1v) is 6.64. The Labute approximate surface area is 138 Å². The molecule has 0 aliphatic carbocycles. The van der Waals surface area contributed by atoms with E-state index in [9.17, 15) is 4.79 Å². The molecule has 0 aromatic carbocycles. The molecule has 7 heteroatoms. The van der Waals surface area contributed by atoms with Crippen molar-refractivity contribution in [2.75, 3.05) is 33.7 Å². The fraction of sp³-hybridized carbons (Fsp3) is 0.846. The first-order chi connectivity index (χ1) is 8.69. The Morgan fingerprint density at radius 3 is 2.55 bits per heavy atom. The topological polar surface area (TPSA) is 71.2 Å². The number of nitrogens with zero attached hydrogens (tertiary/aromatic N) is 3. The quantitative estimate of drug-likeness (QED) is 0.437. The van der Waals surface area contributed by atoms with Crippen LogP contribution in [-0.2, 0) is 4.74 Å². The van der Waals surface area contributed by atoms with E-state index in [1.165, 1.54) is 0 Å². The molecule has 1 amide bonds. The van der Waals surface area contributed by atoms with E-state index in [1.54, 1.807) is 9.80 Å². The van der Waals surface area contributed by atoms with Crippen molar-refractivity contribution in [3.05, 3.63) is 0 Å². The van der Waals surface area contributed by atoms with Gasteiger partial charge in [-0.1, -0.05) is 0 Å². The molecule has 1 unspecified atom stereocenters. The van der Waals surface area contributed by atoms with Crippen LogP contribution in [0.4, 0.5) is 4.79 Å². The molecule has 1 fully saturated rings. The van der Waals surface area contributed by atoms with E-state index in [0.29, 0.717) is 25.0 Å². The van der Waals surface area contributed by atoms with Gasteiger partial charge in [0.25, 0.3) is 0 Å². The molecule has 1 aliphatic rings. The van der Waals surface area contributed by atoms with E-state index in [-0.39, 0.29) is 30.1 Å². The molecular weight excluding hydrogens is 371 g/mol. The highest BCUT2D eigenvalue weighted by molar-refractivity contribution is 14.0. The molecule has 6 nitrogen and oxygen atoms in total. The number of halogens is 1. The fourth-order valence-corrected chi connectivity index (χ4v) is 1.84. The third-order valence-corrected chi connectivity index (χ3v) is 2.91. The molecule has 0 bridgehead atoms. The van der Waals surface area contributed by atoms with Gasteiger partial charge in [-0.05, 0) is 33.1 Å². The van der Waals surface area contributed by atoms with Crippen LogP contribution in [0.25, 0.3) is 0 Å². The number of amides is 1. The van der Waals surface area contributed by atoms with E-state index in [1.807, 2.05) is 34.9 Å². The SMILES string of the molecule is CN(C)C(N)=NCC1CCN(C(=O)OC(C)(C)C)C1.I. The molecule has 0 aromatic rings. The highest BCUT2D eigenvalue weighted by Gasteiger charge is 2.29. The second-order valence-electron chi connectivity index (χ2n) is 6.17. The standard InChI is InChI=1S/C13H26N4O2.HI/c1-13(2,3)19-12(18)17-7-6-10(9-17)8-15-11(14)16(4)5;/h10H,6-9H2,1-5H3,(H2,14,15);1H. The molecular formula is C13H27IN4O2. The number of carbonyl (C=O) groups excluding carboxylic acids is 1. The molecule has 0 saturated carbocycles. The van der Waals surface area contributed by atoms with Gasteiger partial charge in [0.2, 0.25) is 0 Å². The van der Waals surface area contributed by atoms with Crippen molar-refractivity contribution < 1.29 is 9.53 Å². The number of likely N-dealkylation sites (tertiary alicyclic amines) is 1. The third kappa shape index (κ3) is 6.62. The summed E-state index contributed by atoms with van der Waals surface area (Å²) < 4.78 is 5.35. The summed E-state index contributed by atoms with van der Waals surface area (Å²) in [5.74, 6) is 0.890. The summed E-state index contributed by atoms with van der Waals surface area (Å²) in [5, 5.41) is 0. The lowest BCUT2D eigenvalue weighted by Gasteiger charge is -2.24. The molecule has 1 saturated heterocycles. The van der Waals surface area contributed by atoms with Crippen LogP contribution in [0, 0.1) is 5.92 Å². The highest BCUT2D eigenvalue weighted by atomic mass is 127. The van der Waals surface area contributed by atoms with Crippen molar-refractivity contribution in [3.8, 4) is 0 Å². The predicted molar refractivity (Wildman–Crippen MR) is 91.5 cm³/mol. The van der Waals surface area contributed by atoms with Gasteiger partial charge < -0.3 is 20.3 Å². The van der Waals surface area contributed by atoms with Crippen molar-refractivity contribution in [2.24, 2.45) is 16.6 Å². The van der Waals surface area contributed by atoms with Crippen LogP contribution < -0.4 is 5.73 Å². The first-order valence-electron chi connectivity index (χ1n) is 6.64. The van der Waals surface area contributed by atoms with Gasteiger partial charge in [-0.3, -0.25) is 4.99 Å². The molecule has 0 aromatic heterocycles. The Bertz CT molecular complexity index is 353. The summed E-state index contributed by atoms with van der Waals surface area (Å²) in [7, 11) is 3.72. The Morgan fingerprint density at radius 2 is 2.05 bits per heavy atom. The van der Waals surface area contributed by atoms with Crippen molar-refractivity contribution in [2.45, 2.75) is 32.8 Å². The fourth-order valence-electron chi connectivity index (χ4n) is 1.84. The van der Waals surface area contributed by atoms with Crippen molar-refractivity contribution in [1.82, 2.24) is 9.80 Å². The normalized spacial score (nSPS) is 19.6. The lowest BCUT2D eigenvalue weighted by Crippen LogP contribution is -2.35. The Kier molecular flexibility index (Phi) is 7.61. The van der Waals surface area contributed by atoms with Gasteiger partial charge in [-0.15, -0.1) is 24.0 Å². The summed E-state index contributed by atoms with van der Waals surface area (Å²) in [4.78, 5) is 19.7. The van der Waals surface area contributed by atoms with Crippen molar-refractivity contribution >= 4 is 36.0 Å². The monoisotopic (exact) mass is 398 g/mol. The number of rotatable bonds is 2. The second kappa shape index (κ2) is 7.90. The minimum atomic E-state index is -0.442. The zero-order valence-corrected chi connectivity index (χ0v) is 15.4. The van der Waals surface area contributed by atoms with Crippen LogP contribution in [0.3, 0.4) is 0 Å². The van der Waals surface area contributed by atoms with Gasteiger partial charge in [-0.2, -0.15) is 0 Å². The molecule has 1 heterocycles. The van der Waals surface area contributed by atoms with E-state index >= 15 is 0 Å². The van der Waals surface area contributed by atoms with Gasteiger partial charge in [0.1, 0.15) is 5.60 Å². The molecule has 0 spiro atoms. The van der Waals surface area contributed by atoms with E-state index < -0.39 is 5.60 Å². The van der Waals surface area contributed by atoms with Crippen LogP contribution >= 0.6 is 24.0 Å². The number of aliphatic imine (C=N–C) groups is 1. The molecule has 20 heavy (non-hydrogen) atoms. The molecule has 118 valence electrons. The molecule has 2 N–H and O–H groups in total. The number of guanidine groups is 1. The summed E-state index contributed by atoms with van der Waals surface area (Å²) in [6, 6.07) is 0. The molecule has 1 atom stereocenters. The lowest BCUT2D eigenvalue weighted by molar-refractivity contribution is 0.0289. The van der Waals surface area contributed by atoms with Crippen molar-refractivity contribution in [1.29, 1.82) is 0 Å². The summed E-state index contributed by atoms with van der Waals surface area (Å²) in [6.45, 7) is 7.71. The first kappa shape index (κ1) is 19.3. The lowest BCUT2D eigenvalue weighted by atomic mass is 10.1. The smallest absolute Gasteiger partial charge is 0.410 e. The zero-order valence-electron chi connectivity index (χ0n) is 13.0. The number of hydrogen-bond donors (Lipinski definition) is 1. The second-order valence-corrected chi connectivity index (χ2v) is 6.17. The summed E-state index contributed by atoms with van der Waals surface area (Å²) >= 11 is 0. The summed E-state index contributed by atoms with van der Waals surface area (Å²) in [5.41, 5.74) is 5.30. The molecule has 1 aliphatic heterocycles. The van der Waals surface area contributed by atoms with Crippen LogP contribution in [0.2, 0.25) is 0 Å². The maximum Gasteiger partial charge on any atom is 0.410 e. The number of ether oxygens (including phenoxy) is 1. The number of hydrogen-bond acceptors (Lipinski definition) is 3. The Balaban J connectivity index is 0.00000361. The van der Waals surface area contributed by atoms with Gasteiger partial charge in [0.05, 0.1) is 0 Å². The minimum absolute atomic E-state index is 0. The van der Waals surface area contributed by atoms with Crippen LogP contribution in [0.5, 0.6) is 0 Å². The minimum Gasteiger partial charge on any atom is -0.444 e. The molecule has 0 radical (unpaired) electrons. The van der Waals surface area contributed by atoms with Crippen LogP contribution in [0.15, 0.2) is 4.99 Å². The summed E-state index contributed by atoms with van der Waals surface area (Å²) in [6.07, 6.45) is 0.711. The maximum atomic E-state index is 11.9. The van der Waals surface area contributed by atoms with Crippen LogP contribution in [-0.4, -0.2) is 61.2 Å². The predicted octanol–water partition coefficient (Wildman–Crippen LogP) is 1.74. The zero-order chi connectivity index (χ0) is 14.6. The highest BCUT2D eigenvalue weighted by Crippen LogP contribution is 2.19. The Hall–Kier alpha value is -0.730. The average molecular weight is 398 g/mol. The van der Waals surface area contributed by atoms with Gasteiger partial charge >= 0.3 is 6.09 Å². The molecule has 1 rings (SSSR count). The Morgan fingerprint density at radius 1 is 1.45 bits per heavy atom.